The lowest BCUT2D eigenvalue weighted by molar-refractivity contribution is 0.0696. The Kier molecular flexibility index (Phi) is 4.74. The van der Waals surface area contributed by atoms with Gasteiger partial charge in [0, 0.05) is 20.5 Å². The molecule has 110 valence electrons. The highest BCUT2D eigenvalue weighted by molar-refractivity contribution is 9.10. The Labute approximate surface area is 136 Å². The second-order valence-electron chi connectivity index (χ2n) is 5.69. The topological polar surface area (TPSA) is 50.2 Å². The number of halogens is 1. The molecule has 0 saturated carbocycles. The summed E-state index contributed by atoms with van der Waals surface area (Å²) in [6.45, 7) is 6.07. The fourth-order valence-electron chi connectivity index (χ4n) is 1.72. The molecular formula is C16H16BrNO2S. The Morgan fingerprint density at radius 1 is 1.24 bits per heavy atom. The van der Waals surface area contributed by atoms with E-state index in [9.17, 15) is 9.90 Å². The van der Waals surface area contributed by atoms with Gasteiger partial charge in [0.1, 0.15) is 5.03 Å². The first-order valence-electron chi connectivity index (χ1n) is 6.45. The first-order valence-corrected chi connectivity index (χ1v) is 8.06. The Hall–Kier alpha value is -1.33. The Morgan fingerprint density at radius 3 is 2.52 bits per heavy atom. The van der Waals surface area contributed by atoms with Crippen LogP contribution in [0.25, 0.3) is 0 Å². The van der Waals surface area contributed by atoms with Gasteiger partial charge in [-0.3, -0.25) is 0 Å². The summed E-state index contributed by atoms with van der Waals surface area (Å²) in [5.74, 6) is -0.931. The Balaban J connectivity index is 2.43. The van der Waals surface area contributed by atoms with Gasteiger partial charge >= 0.3 is 5.97 Å². The number of carboxylic acid groups (broad SMARTS) is 1. The van der Waals surface area contributed by atoms with Gasteiger partial charge < -0.3 is 5.11 Å². The molecule has 0 unspecified atom stereocenters. The van der Waals surface area contributed by atoms with E-state index in [1.165, 1.54) is 11.8 Å². The average Bonchev–Trinajstić information content (AvgIpc) is 2.37. The average molecular weight is 366 g/mol. The van der Waals surface area contributed by atoms with Crippen molar-refractivity contribution in [1.82, 2.24) is 4.98 Å². The highest BCUT2D eigenvalue weighted by Gasteiger charge is 2.19. The lowest BCUT2D eigenvalue weighted by atomic mass is 9.91. The molecular weight excluding hydrogens is 350 g/mol. The summed E-state index contributed by atoms with van der Waals surface area (Å²) in [6, 6.07) is 11.1. The maximum absolute atomic E-state index is 11.3. The second kappa shape index (κ2) is 6.20. The molecule has 0 radical (unpaired) electrons. The Morgan fingerprint density at radius 2 is 1.95 bits per heavy atom. The molecule has 1 N–H and O–H groups in total. The van der Waals surface area contributed by atoms with Crippen LogP contribution in [0.2, 0.25) is 0 Å². The fourth-order valence-corrected chi connectivity index (χ4v) is 3.17. The monoisotopic (exact) mass is 365 g/mol. The summed E-state index contributed by atoms with van der Waals surface area (Å²) < 4.78 is 0.984. The van der Waals surface area contributed by atoms with Crippen LogP contribution in [0.3, 0.4) is 0 Å². The van der Waals surface area contributed by atoms with Crippen molar-refractivity contribution in [1.29, 1.82) is 0 Å². The lowest BCUT2D eigenvalue weighted by Crippen LogP contribution is -2.15. The highest BCUT2D eigenvalue weighted by atomic mass is 79.9. The number of pyridine rings is 1. The van der Waals surface area contributed by atoms with Crippen LogP contribution in [0.5, 0.6) is 0 Å². The van der Waals surface area contributed by atoms with E-state index in [1.807, 2.05) is 45.0 Å². The van der Waals surface area contributed by atoms with Crippen LogP contribution < -0.4 is 0 Å². The summed E-state index contributed by atoms with van der Waals surface area (Å²) in [5.41, 5.74) is 0.852. The maximum atomic E-state index is 11.3. The third-order valence-corrected chi connectivity index (χ3v) is 4.24. The molecule has 2 rings (SSSR count). The van der Waals surface area contributed by atoms with Crippen molar-refractivity contribution in [3.8, 4) is 0 Å². The number of aromatic carboxylic acids is 1. The minimum Gasteiger partial charge on any atom is -0.478 e. The van der Waals surface area contributed by atoms with Crippen molar-refractivity contribution in [2.75, 3.05) is 0 Å². The quantitative estimate of drug-likeness (QED) is 0.831. The molecule has 3 nitrogen and oxygen atoms in total. The third-order valence-electron chi connectivity index (χ3n) is 2.84. The fraction of sp³-hybridized carbons (Fsp3) is 0.250. The first-order chi connectivity index (χ1) is 9.75. The van der Waals surface area contributed by atoms with Crippen LogP contribution >= 0.6 is 27.7 Å². The predicted octanol–water partition coefficient (Wildman–Crippen LogP) is 4.99. The molecule has 1 aromatic heterocycles. The van der Waals surface area contributed by atoms with Crippen LogP contribution in [-0.4, -0.2) is 16.1 Å². The molecule has 2 aromatic rings. The largest absolute Gasteiger partial charge is 0.478 e. The highest BCUT2D eigenvalue weighted by Crippen LogP contribution is 2.31. The molecule has 0 aliphatic carbocycles. The van der Waals surface area contributed by atoms with Crippen molar-refractivity contribution in [2.45, 2.75) is 36.1 Å². The molecule has 0 bridgehead atoms. The molecule has 0 aliphatic heterocycles. The van der Waals surface area contributed by atoms with Crippen molar-refractivity contribution in [3.63, 3.8) is 0 Å². The molecule has 0 atom stereocenters. The summed E-state index contributed by atoms with van der Waals surface area (Å²) in [7, 11) is 0. The van der Waals surface area contributed by atoms with Crippen LogP contribution in [0.4, 0.5) is 0 Å². The second-order valence-corrected chi connectivity index (χ2v) is 7.70. The number of hydrogen-bond acceptors (Lipinski definition) is 3. The van der Waals surface area contributed by atoms with E-state index in [4.69, 9.17) is 0 Å². The van der Waals surface area contributed by atoms with Crippen molar-refractivity contribution in [2.24, 2.45) is 0 Å². The van der Waals surface area contributed by atoms with E-state index >= 15 is 0 Å². The van der Waals surface area contributed by atoms with E-state index in [1.54, 1.807) is 12.1 Å². The number of aromatic nitrogens is 1. The van der Waals surface area contributed by atoms with Gasteiger partial charge in [-0.1, -0.05) is 54.5 Å². The van der Waals surface area contributed by atoms with Crippen LogP contribution in [0.15, 0.2) is 50.8 Å². The van der Waals surface area contributed by atoms with Gasteiger partial charge in [0.2, 0.25) is 0 Å². The van der Waals surface area contributed by atoms with E-state index in [0.29, 0.717) is 5.03 Å². The number of rotatable bonds is 3. The normalized spacial score (nSPS) is 11.4. The first kappa shape index (κ1) is 16.0. The number of hydrogen-bond donors (Lipinski definition) is 1. The maximum Gasteiger partial charge on any atom is 0.335 e. The van der Waals surface area contributed by atoms with Crippen molar-refractivity contribution in [3.05, 3.63) is 52.1 Å². The van der Waals surface area contributed by atoms with E-state index < -0.39 is 5.97 Å². The molecule has 0 amide bonds. The molecule has 1 aromatic carbocycles. The molecule has 1 heterocycles. The zero-order valence-corrected chi connectivity index (χ0v) is 14.5. The third kappa shape index (κ3) is 4.32. The van der Waals surface area contributed by atoms with Gasteiger partial charge in [0.15, 0.2) is 0 Å². The zero-order valence-electron chi connectivity index (χ0n) is 12.1. The number of benzene rings is 1. The van der Waals surface area contributed by atoms with Gasteiger partial charge in [-0.15, -0.1) is 0 Å². The number of carboxylic acids is 1. The van der Waals surface area contributed by atoms with E-state index in [0.717, 1.165) is 15.1 Å². The smallest absolute Gasteiger partial charge is 0.335 e. The van der Waals surface area contributed by atoms with Crippen LogP contribution in [0, 0.1) is 0 Å². The Bertz CT molecular complexity index is 680. The van der Waals surface area contributed by atoms with E-state index in [2.05, 4.69) is 20.9 Å². The van der Waals surface area contributed by atoms with Gasteiger partial charge in [0.05, 0.1) is 5.56 Å². The van der Waals surface area contributed by atoms with Crippen LogP contribution in [-0.2, 0) is 5.41 Å². The predicted molar refractivity (Wildman–Crippen MR) is 88.2 cm³/mol. The SMILES string of the molecule is CC(C)(C)c1cc(C(=O)O)cc(Sc2cccc(Br)c2)n1. The summed E-state index contributed by atoms with van der Waals surface area (Å²) in [4.78, 5) is 16.9. The lowest BCUT2D eigenvalue weighted by Gasteiger charge is -2.19. The van der Waals surface area contributed by atoms with Crippen LogP contribution in [0.1, 0.15) is 36.8 Å². The summed E-state index contributed by atoms with van der Waals surface area (Å²) in [5, 5.41) is 9.96. The number of carbonyl (C=O) groups is 1. The van der Waals surface area contributed by atoms with Gasteiger partial charge in [-0.25, -0.2) is 9.78 Å². The van der Waals surface area contributed by atoms with Gasteiger partial charge in [0.25, 0.3) is 0 Å². The molecule has 21 heavy (non-hydrogen) atoms. The molecule has 0 saturated heterocycles. The molecule has 5 heteroatoms. The van der Waals surface area contributed by atoms with Gasteiger partial charge in [-0.05, 0) is 30.3 Å². The number of nitrogens with zero attached hydrogens (tertiary/aromatic N) is 1. The molecule has 0 spiro atoms. The standard InChI is InChI=1S/C16H16BrNO2S/c1-16(2,3)13-7-10(15(19)20)8-14(18-13)21-12-6-4-5-11(17)9-12/h4-9H,1-3H3,(H,19,20). The van der Waals surface area contributed by atoms with Gasteiger partial charge in [-0.2, -0.15) is 0 Å². The van der Waals surface area contributed by atoms with Crippen molar-refractivity contribution < 1.29 is 9.90 Å². The minimum absolute atomic E-state index is 0.196. The van der Waals surface area contributed by atoms with E-state index in [-0.39, 0.29) is 11.0 Å². The molecule has 0 aliphatic rings. The minimum atomic E-state index is -0.931. The summed E-state index contributed by atoms with van der Waals surface area (Å²) >= 11 is 4.89. The zero-order chi connectivity index (χ0) is 15.6. The molecule has 0 fully saturated rings. The van der Waals surface area contributed by atoms with Crippen molar-refractivity contribution >= 4 is 33.7 Å². The summed E-state index contributed by atoms with van der Waals surface area (Å²) in [6.07, 6.45) is 0.